The van der Waals surface area contributed by atoms with Crippen LogP contribution in [-0.4, -0.2) is 36.5 Å². The van der Waals surface area contributed by atoms with Crippen molar-refractivity contribution < 1.29 is 9.59 Å². The molecular weight excluding hydrogens is 278 g/mol. The van der Waals surface area contributed by atoms with Gasteiger partial charge < -0.3 is 15.5 Å². The Labute approximate surface area is 131 Å². The summed E-state index contributed by atoms with van der Waals surface area (Å²) < 4.78 is 0. The van der Waals surface area contributed by atoms with Crippen LogP contribution < -0.4 is 10.6 Å². The molecule has 1 aromatic rings. The third kappa shape index (κ3) is 3.59. The van der Waals surface area contributed by atoms with Gasteiger partial charge in [0.05, 0.1) is 6.04 Å². The van der Waals surface area contributed by atoms with Crippen molar-refractivity contribution in [3.63, 3.8) is 0 Å². The zero-order valence-corrected chi connectivity index (χ0v) is 12.8. The number of rotatable bonds is 4. The summed E-state index contributed by atoms with van der Waals surface area (Å²) in [6, 6.07) is 10.0. The van der Waals surface area contributed by atoms with Crippen LogP contribution >= 0.6 is 0 Å². The lowest BCUT2D eigenvalue weighted by Crippen LogP contribution is -2.53. The fourth-order valence-corrected chi connectivity index (χ4v) is 3.08. The first-order valence-electron chi connectivity index (χ1n) is 8.09. The Kier molecular flexibility index (Phi) is 4.61. The molecule has 2 fully saturated rings. The zero-order chi connectivity index (χ0) is 15.4. The molecule has 5 nitrogen and oxygen atoms in total. The second-order valence-electron chi connectivity index (χ2n) is 6.22. The molecular formula is C17H23N3O2. The van der Waals surface area contributed by atoms with E-state index in [0.717, 1.165) is 12.0 Å². The van der Waals surface area contributed by atoms with Crippen LogP contribution in [0, 0.1) is 5.92 Å². The highest BCUT2D eigenvalue weighted by molar-refractivity contribution is 5.85. The fourth-order valence-electron chi connectivity index (χ4n) is 3.08. The van der Waals surface area contributed by atoms with Crippen LogP contribution in [0.3, 0.4) is 0 Å². The molecule has 1 aliphatic carbocycles. The average Bonchev–Trinajstić information content (AvgIpc) is 2.50. The molecule has 1 atom stereocenters. The number of hydrogen-bond donors (Lipinski definition) is 2. The van der Waals surface area contributed by atoms with Crippen LogP contribution in [0.4, 0.5) is 4.79 Å². The molecule has 0 bridgehead atoms. The standard InChI is InChI=1S/C17H23N3O2/c21-16-12-20(10-9-18-16)17(22)19-15(11-13-5-4-6-13)14-7-2-1-3-8-14/h1-3,7-8,13,15H,4-6,9-12H2,(H,18,21)(H,19,22)/t15-/m1/s1. The zero-order valence-electron chi connectivity index (χ0n) is 12.8. The van der Waals surface area contributed by atoms with Gasteiger partial charge in [-0.2, -0.15) is 0 Å². The smallest absolute Gasteiger partial charge is 0.318 e. The van der Waals surface area contributed by atoms with E-state index in [9.17, 15) is 9.59 Å². The molecule has 5 heteroatoms. The lowest BCUT2D eigenvalue weighted by Gasteiger charge is -2.33. The second kappa shape index (κ2) is 6.81. The summed E-state index contributed by atoms with van der Waals surface area (Å²) in [5.41, 5.74) is 1.14. The highest BCUT2D eigenvalue weighted by Gasteiger charge is 2.27. The Bertz CT molecular complexity index is 528. The number of nitrogens with zero attached hydrogens (tertiary/aromatic N) is 1. The predicted octanol–water partition coefficient (Wildman–Crippen LogP) is 2.06. The van der Waals surface area contributed by atoms with E-state index in [2.05, 4.69) is 22.8 Å². The average molecular weight is 301 g/mol. The van der Waals surface area contributed by atoms with Crippen molar-refractivity contribution in [1.82, 2.24) is 15.5 Å². The molecule has 0 unspecified atom stereocenters. The first-order valence-corrected chi connectivity index (χ1v) is 8.09. The Morgan fingerprint density at radius 2 is 2.09 bits per heavy atom. The molecule has 118 valence electrons. The molecule has 1 saturated heterocycles. The molecule has 2 aliphatic rings. The number of urea groups is 1. The molecule has 0 aromatic heterocycles. The minimum atomic E-state index is -0.136. The first-order chi connectivity index (χ1) is 10.7. The molecule has 22 heavy (non-hydrogen) atoms. The normalized spacial score (nSPS) is 20.0. The second-order valence-corrected chi connectivity index (χ2v) is 6.22. The van der Waals surface area contributed by atoms with Crippen molar-refractivity contribution in [3.05, 3.63) is 35.9 Å². The SMILES string of the molecule is O=C1CN(C(=O)N[C@H](CC2CCC2)c2ccccc2)CCN1. The number of piperazine rings is 1. The van der Waals surface area contributed by atoms with Gasteiger partial charge in [-0.25, -0.2) is 4.79 Å². The molecule has 1 aromatic carbocycles. The molecule has 0 spiro atoms. The lowest BCUT2D eigenvalue weighted by atomic mass is 9.79. The van der Waals surface area contributed by atoms with Crippen LogP contribution in [0.15, 0.2) is 30.3 Å². The van der Waals surface area contributed by atoms with Crippen LogP contribution in [0.2, 0.25) is 0 Å². The van der Waals surface area contributed by atoms with E-state index in [4.69, 9.17) is 0 Å². The van der Waals surface area contributed by atoms with Gasteiger partial charge >= 0.3 is 6.03 Å². The molecule has 0 radical (unpaired) electrons. The number of benzene rings is 1. The number of carbonyl (C=O) groups is 2. The van der Waals surface area contributed by atoms with Crippen molar-refractivity contribution in [1.29, 1.82) is 0 Å². The Morgan fingerprint density at radius 3 is 2.73 bits per heavy atom. The number of nitrogens with one attached hydrogen (secondary N) is 2. The highest BCUT2D eigenvalue weighted by Crippen LogP contribution is 2.34. The Hall–Kier alpha value is -2.04. The monoisotopic (exact) mass is 301 g/mol. The maximum atomic E-state index is 12.5. The van der Waals surface area contributed by atoms with E-state index in [1.54, 1.807) is 4.90 Å². The largest absolute Gasteiger partial charge is 0.353 e. The summed E-state index contributed by atoms with van der Waals surface area (Å²) in [7, 11) is 0. The van der Waals surface area contributed by atoms with Crippen LogP contribution in [0.25, 0.3) is 0 Å². The third-order valence-corrected chi connectivity index (χ3v) is 4.62. The first kappa shape index (κ1) is 14.9. The minimum Gasteiger partial charge on any atom is -0.353 e. The van der Waals surface area contributed by atoms with Crippen molar-refractivity contribution in [2.45, 2.75) is 31.7 Å². The predicted molar refractivity (Wildman–Crippen MR) is 84.3 cm³/mol. The summed E-state index contributed by atoms with van der Waals surface area (Å²) >= 11 is 0. The van der Waals surface area contributed by atoms with E-state index in [0.29, 0.717) is 19.0 Å². The maximum Gasteiger partial charge on any atom is 0.318 e. The van der Waals surface area contributed by atoms with Gasteiger partial charge in [0.2, 0.25) is 5.91 Å². The molecule has 2 N–H and O–H groups in total. The van der Waals surface area contributed by atoms with Crippen molar-refractivity contribution >= 4 is 11.9 Å². The maximum absolute atomic E-state index is 12.5. The van der Waals surface area contributed by atoms with Gasteiger partial charge in [0.25, 0.3) is 0 Å². The van der Waals surface area contributed by atoms with Gasteiger partial charge in [0, 0.05) is 13.1 Å². The summed E-state index contributed by atoms with van der Waals surface area (Å²) in [4.78, 5) is 25.5. The highest BCUT2D eigenvalue weighted by atomic mass is 16.2. The minimum absolute atomic E-state index is 0.0315. The Balaban J connectivity index is 1.66. The molecule has 1 aliphatic heterocycles. The van der Waals surface area contributed by atoms with Crippen molar-refractivity contribution in [2.24, 2.45) is 5.92 Å². The van der Waals surface area contributed by atoms with E-state index in [-0.39, 0.29) is 24.5 Å². The lowest BCUT2D eigenvalue weighted by molar-refractivity contribution is -0.123. The van der Waals surface area contributed by atoms with Crippen molar-refractivity contribution in [3.8, 4) is 0 Å². The molecule has 3 rings (SSSR count). The van der Waals surface area contributed by atoms with E-state index in [1.807, 2.05) is 18.2 Å². The summed E-state index contributed by atoms with van der Waals surface area (Å²) in [6.45, 7) is 1.25. The fraction of sp³-hybridized carbons (Fsp3) is 0.529. The summed E-state index contributed by atoms with van der Waals surface area (Å²) in [6.07, 6.45) is 4.79. The van der Waals surface area contributed by atoms with Gasteiger partial charge in [-0.15, -0.1) is 0 Å². The van der Waals surface area contributed by atoms with Gasteiger partial charge in [0.15, 0.2) is 0 Å². The quantitative estimate of drug-likeness (QED) is 0.894. The van der Waals surface area contributed by atoms with E-state index in [1.165, 1.54) is 19.3 Å². The molecule has 1 heterocycles. The van der Waals surface area contributed by atoms with Crippen LogP contribution in [-0.2, 0) is 4.79 Å². The van der Waals surface area contributed by atoms with Crippen molar-refractivity contribution in [2.75, 3.05) is 19.6 Å². The topological polar surface area (TPSA) is 61.4 Å². The van der Waals surface area contributed by atoms with Gasteiger partial charge in [-0.3, -0.25) is 4.79 Å². The van der Waals surface area contributed by atoms with E-state index < -0.39 is 0 Å². The summed E-state index contributed by atoms with van der Waals surface area (Å²) in [5.74, 6) is 0.617. The number of carbonyl (C=O) groups excluding carboxylic acids is 2. The Morgan fingerprint density at radius 1 is 1.32 bits per heavy atom. The van der Waals surface area contributed by atoms with E-state index >= 15 is 0 Å². The van der Waals surface area contributed by atoms with Crippen LogP contribution in [0.5, 0.6) is 0 Å². The molecule has 1 saturated carbocycles. The summed E-state index contributed by atoms with van der Waals surface area (Å²) in [5, 5.41) is 5.87. The van der Waals surface area contributed by atoms with Crippen LogP contribution in [0.1, 0.15) is 37.3 Å². The number of hydrogen-bond acceptors (Lipinski definition) is 2. The van der Waals surface area contributed by atoms with Gasteiger partial charge in [-0.05, 0) is 17.9 Å². The van der Waals surface area contributed by atoms with Gasteiger partial charge in [0.1, 0.15) is 6.54 Å². The van der Waals surface area contributed by atoms with Gasteiger partial charge in [-0.1, -0.05) is 49.6 Å². The third-order valence-electron chi connectivity index (χ3n) is 4.62. The number of amides is 3. The molecule has 3 amide bonds.